The van der Waals surface area contributed by atoms with E-state index in [0.717, 1.165) is 0 Å². The normalized spacial score (nSPS) is 28.0. The molecule has 3 rings (SSSR count). The van der Waals surface area contributed by atoms with Crippen molar-refractivity contribution in [2.75, 3.05) is 12.3 Å². The number of anilines is 1. The number of nitrogens with two attached hydrogens (primary N) is 1. The van der Waals surface area contributed by atoms with E-state index in [9.17, 15) is 24.5 Å². The second-order valence-electron chi connectivity index (χ2n) is 5.18. The molecule has 16 heteroatoms. The minimum atomic E-state index is -5.03. The predicted octanol–water partition coefficient (Wildman–Crippen LogP) is -5.44. The molecule has 1 aliphatic rings. The summed E-state index contributed by atoms with van der Waals surface area (Å²) in [6, 6.07) is 0. The van der Waals surface area contributed by atoms with Crippen LogP contribution in [0.15, 0.2) is 9.53 Å². The van der Waals surface area contributed by atoms with E-state index >= 15 is 0 Å². The van der Waals surface area contributed by atoms with Gasteiger partial charge >= 0.3 is 29.6 Å². The van der Waals surface area contributed by atoms with Gasteiger partial charge in [-0.2, -0.15) is 4.98 Å². The van der Waals surface area contributed by atoms with Crippen molar-refractivity contribution in [3.8, 4) is 0 Å². The molecule has 26 heavy (non-hydrogen) atoms. The minimum Gasteiger partial charge on any atom is -0.756 e. The van der Waals surface area contributed by atoms with Crippen molar-refractivity contribution in [2.24, 2.45) is 0 Å². The Morgan fingerprint density at radius 2 is 2.08 bits per heavy atom. The van der Waals surface area contributed by atoms with E-state index in [0.29, 0.717) is 0 Å². The average Bonchev–Trinajstić information content (AvgIpc) is 2.95. The van der Waals surface area contributed by atoms with Gasteiger partial charge in [0.25, 0.3) is 13.4 Å². The van der Waals surface area contributed by atoms with Crippen LogP contribution in [0.2, 0.25) is 0 Å². The fourth-order valence-corrected chi connectivity index (χ4v) is 3.33. The number of halogens is 1. The van der Waals surface area contributed by atoms with E-state index in [1.165, 1.54) is 4.57 Å². The molecule has 138 valence electrons. The van der Waals surface area contributed by atoms with Gasteiger partial charge in [-0.3, -0.25) is 18.9 Å². The number of hydrogen-bond acceptors (Lipinski definition) is 10. The summed E-state index contributed by atoms with van der Waals surface area (Å²) in [5.41, 5.74) is 4.76. The molecule has 1 aliphatic heterocycles. The van der Waals surface area contributed by atoms with Crippen LogP contribution in [0.25, 0.3) is 11.2 Å². The van der Waals surface area contributed by atoms with Crippen molar-refractivity contribution in [3.63, 3.8) is 0 Å². The molecule has 0 saturated carbocycles. The average molecular weight is 464 g/mol. The molecular weight excluding hydrogens is 452 g/mol. The number of rotatable bonds is 4. The Labute approximate surface area is 175 Å². The molecule has 13 nitrogen and oxygen atoms in total. The number of phosphoric ester groups is 1. The Bertz CT molecular complexity index is 917. The topological polar surface area (TPSA) is 209 Å². The zero-order chi connectivity index (χ0) is 18.5. The van der Waals surface area contributed by atoms with Gasteiger partial charge in [-0.1, -0.05) is 0 Å². The van der Waals surface area contributed by atoms with Gasteiger partial charge in [-0.25, -0.2) is 4.98 Å². The first kappa shape index (κ1) is 21.9. The number of imidazole rings is 1. The molecule has 5 atom stereocenters. The molecule has 1 fully saturated rings. The molecule has 0 bridgehead atoms. The number of aromatic nitrogens is 4. The first-order valence-electron chi connectivity index (χ1n) is 6.71. The van der Waals surface area contributed by atoms with E-state index in [1.54, 1.807) is 0 Å². The molecule has 0 aliphatic carbocycles. The number of phosphoric acid groups is 1. The second kappa shape index (κ2) is 7.93. The smallest absolute Gasteiger partial charge is 0.756 e. The molecular formula is C10H12BrN5NaO8P. The summed E-state index contributed by atoms with van der Waals surface area (Å²) in [5, 5.41) is 20.2. The molecule has 2 aromatic rings. The molecule has 1 saturated heterocycles. The summed E-state index contributed by atoms with van der Waals surface area (Å²) in [5.74, 6) is -0.202. The number of aliphatic hydroxyl groups excluding tert-OH is 2. The third-order valence-corrected chi connectivity index (χ3v) is 4.55. The zero-order valence-electron chi connectivity index (χ0n) is 13.1. The molecule has 6 N–H and O–H groups in total. The molecule has 1 unspecified atom stereocenters. The minimum absolute atomic E-state index is 0. The van der Waals surface area contributed by atoms with Crippen molar-refractivity contribution in [1.82, 2.24) is 19.5 Å². The maximum absolute atomic E-state index is 11.9. The van der Waals surface area contributed by atoms with Gasteiger partial charge in [0.05, 0.1) is 6.61 Å². The van der Waals surface area contributed by atoms with Crippen LogP contribution in [-0.4, -0.2) is 59.5 Å². The number of nitrogens with one attached hydrogen (secondary N) is 1. The summed E-state index contributed by atoms with van der Waals surface area (Å²) in [7, 11) is -5.03. The maximum Gasteiger partial charge on any atom is 1.00 e. The second-order valence-corrected chi connectivity index (χ2v) is 7.09. The molecule has 2 aromatic heterocycles. The monoisotopic (exact) mass is 463 g/mol. The van der Waals surface area contributed by atoms with E-state index in [-0.39, 0.29) is 51.4 Å². The van der Waals surface area contributed by atoms with Gasteiger partial charge in [-0.15, -0.1) is 0 Å². The van der Waals surface area contributed by atoms with Gasteiger partial charge in [0.1, 0.15) is 18.3 Å². The van der Waals surface area contributed by atoms with E-state index < -0.39 is 44.5 Å². The summed E-state index contributed by atoms with van der Waals surface area (Å²) >= 11 is 3.10. The van der Waals surface area contributed by atoms with Crippen LogP contribution in [0.4, 0.5) is 5.95 Å². The summed E-state index contributed by atoms with van der Waals surface area (Å²) in [6.45, 7) is -0.730. The fraction of sp³-hybridized carbons (Fsp3) is 0.500. The van der Waals surface area contributed by atoms with Gasteiger partial charge in [0.15, 0.2) is 22.1 Å². The van der Waals surface area contributed by atoms with Crippen molar-refractivity contribution >= 4 is 40.9 Å². The van der Waals surface area contributed by atoms with Crippen LogP contribution in [0.1, 0.15) is 6.23 Å². The zero-order valence-corrected chi connectivity index (χ0v) is 17.6. The van der Waals surface area contributed by atoms with Crippen molar-refractivity contribution < 1.29 is 63.4 Å². The maximum atomic E-state index is 11.9. The molecule has 0 radical (unpaired) electrons. The Kier molecular flexibility index (Phi) is 6.68. The first-order valence-corrected chi connectivity index (χ1v) is 9.00. The Morgan fingerprint density at radius 1 is 1.42 bits per heavy atom. The molecule has 3 heterocycles. The van der Waals surface area contributed by atoms with Crippen LogP contribution in [0.3, 0.4) is 0 Å². The number of nitrogens with zero attached hydrogens (tertiary/aromatic N) is 3. The van der Waals surface area contributed by atoms with Gasteiger partial charge in [0, 0.05) is 0 Å². The van der Waals surface area contributed by atoms with Crippen LogP contribution in [-0.2, 0) is 13.8 Å². The van der Waals surface area contributed by atoms with Gasteiger partial charge < -0.3 is 35.0 Å². The number of aliphatic hydroxyl groups is 2. The third-order valence-electron chi connectivity index (χ3n) is 3.52. The third kappa shape index (κ3) is 4.20. The number of fused-ring (bicyclic) bond motifs is 1. The Hall–Kier alpha value is -0.380. The summed E-state index contributed by atoms with van der Waals surface area (Å²) in [6.07, 6.45) is -5.63. The van der Waals surface area contributed by atoms with Crippen molar-refractivity contribution in [1.29, 1.82) is 0 Å². The van der Waals surface area contributed by atoms with E-state index in [4.69, 9.17) is 15.4 Å². The molecule has 0 amide bonds. The van der Waals surface area contributed by atoms with Crippen LogP contribution < -0.4 is 45.7 Å². The molecule has 0 aromatic carbocycles. The first-order chi connectivity index (χ1) is 11.6. The van der Waals surface area contributed by atoms with Crippen LogP contribution in [0, 0.1) is 0 Å². The number of H-pyrrole nitrogens is 1. The van der Waals surface area contributed by atoms with Crippen molar-refractivity contribution in [3.05, 3.63) is 15.1 Å². The van der Waals surface area contributed by atoms with Crippen molar-refractivity contribution in [2.45, 2.75) is 24.5 Å². The summed E-state index contributed by atoms with van der Waals surface area (Å²) < 4.78 is 21.5. The van der Waals surface area contributed by atoms with Gasteiger partial charge in [-0.05, 0) is 15.9 Å². The number of aromatic amines is 1. The number of nitrogen functional groups attached to an aromatic ring is 1. The SMILES string of the molecule is Nc1nc2c(nc(Br)n2[C@@H]2O[C@H](COP(=O)([O-])O)[C@@H](O)[C@H]2O)c(=O)[nH]1.[Na+]. The number of hydrogen-bond donors (Lipinski definition) is 5. The predicted molar refractivity (Wildman–Crippen MR) is 82.0 cm³/mol. The number of ether oxygens (including phenoxy) is 1. The van der Waals surface area contributed by atoms with E-state index in [2.05, 4.69) is 35.4 Å². The van der Waals surface area contributed by atoms with Crippen LogP contribution in [0.5, 0.6) is 0 Å². The standard InChI is InChI=1S/C10H13BrN5O8P.Na/c11-9-13-3-6(14-10(12)15-7(3)19)16(9)8-5(18)4(17)2(24-8)1-23-25(20,21)22;/h2,4-5,8,17-18H,1H2,(H2,20,21,22)(H3,12,14,15,19);/q;+1/p-1/t2-,4-,5-,8-;/m1./s1. The van der Waals surface area contributed by atoms with E-state index in [1.807, 2.05) is 0 Å². The van der Waals surface area contributed by atoms with Crippen LogP contribution >= 0.6 is 23.8 Å². The molecule has 0 spiro atoms. The Balaban J connectivity index is 0.00000243. The fourth-order valence-electron chi connectivity index (χ4n) is 2.45. The quantitative estimate of drug-likeness (QED) is 0.164. The summed E-state index contributed by atoms with van der Waals surface area (Å²) in [4.78, 5) is 41.3. The van der Waals surface area contributed by atoms with Gasteiger partial charge in [0.2, 0.25) is 5.95 Å². The Morgan fingerprint density at radius 3 is 2.69 bits per heavy atom. The largest absolute Gasteiger partial charge is 1.00 e.